The number of halogens is 4. The Bertz CT molecular complexity index is 465. The van der Waals surface area contributed by atoms with Gasteiger partial charge in [-0.25, -0.2) is 0 Å². The van der Waals surface area contributed by atoms with Crippen molar-refractivity contribution < 1.29 is 18.0 Å². The molecule has 0 fully saturated rings. The lowest BCUT2D eigenvalue weighted by molar-refractivity contribution is -0.136. The Kier molecular flexibility index (Phi) is 5.83. The molecule has 0 radical (unpaired) electrons. The van der Waals surface area contributed by atoms with Crippen molar-refractivity contribution in [2.45, 2.75) is 25.1 Å². The van der Waals surface area contributed by atoms with Gasteiger partial charge in [-0.2, -0.15) is 13.2 Å². The van der Waals surface area contributed by atoms with E-state index in [9.17, 15) is 18.0 Å². The molecule has 1 aromatic carbocycles. The molecule has 2 N–H and O–H groups in total. The molecule has 0 aromatic heterocycles. The summed E-state index contributed by atoms with van der Waals surface area (Å²) < 4.78 is 36.1. The van der Waals surface area contributed by atoms with E-state index in [0.717, 1.165) is 17.5 Å². The lowest BCUT2D eigenvalue weighted by Gasteiger charge is -2.26. The van der Waals surface area contributed by atoms with Crippen LogP contribution >= 0.6 is 12.4 Å². The maximum absolute atomic E-state index is 12.0. The van der Waals surface area contributed by atoms with Crippen molar-refractivity contribution in [3.05, 3.63) is 35.4 Å². The standard InChI is InChI=1S/C13H15F3N2O.ClH/c14-13(15,16)6-8-18-12(19)11-10-4-2-1-3-9(10)5-7-17-11;/h1-4,11,17H,5-8H2,(H,18,19);1H. The van der Waals surface area contributed by atoms with Gasteiger partial charge < -0.3 is 10.6 Å². The fourth-order valence-corrected chi connectivity index (χ4v) is 2.17. The highest BCUT2D eigenvalue weighted by Gasteiger charge is 2.29. The van der Waals surface area contributed by atoms with Gasteiger partial charge in [0.25, 0.3) is 0 Å². The Labute approximate surface area is 121 Å². The van der Waals surface area contributed by atoms with Gasteiger partial charge in [0.05, 0.1) is 6.42 Å². The van der Waals surface area contributed by atoms with Gasteiger partial charge in [0.15, 0.2) is 0 Å². The van der Waals surface area contributed by atoms with Crippen molar-refractivity contribution in [3.63, 3.8) is 0 Å². The summed E-state index contributed by atoms with van der Waals surface area (Å²) in [7, 11) is 0. The van der Waals surface area contributed by atoms with Crippen molar-refractivity contribution in [1.29, 1.82) is 0 Å². The van der Waals surface area contributed by atoms with Crippen LogP contribution in [0.1, 0.15) is 23.6 Å². The third kappa shape index (κ3) is 4.38. The molecule has 3 nitrogen and oxygen atoms in total. The van der Waals surface area contributed by atoms with Gasteiger partial charge in [0.2, 0.25) is 5.91 Å². The molecular weight excluding hydrogens is 293 g/mol. The number of carbonyl (C=O) groups is 1. The number of nitrogens with one attached hydrogen (secondary N) is 2. The van der Waals surface area contributed by atoms with Crippen LogP contribution in [0.15, 0.2) is 24.3 Å². The first kappa shape index (κ1) is 16.8. The highest BCUT2D eigenvalue weighted by molar-refractivity contribution is 5.85. The molecule has 1 aliphatic rings. The summed E-state index contributed by atoms with van der Waals surface area (Å²) in [6, 6.07) is 6.92. The molecule has 1 amide bonds. The Morgan fingerprint density at radius 2 is 2.05 bits per heavy atom. The largest absolute Gasteiger partial charge is 0.390 e. The third-order valence-corrected chi connectivity index (χ3v) is 3.08. The Morgan fingerprint density at radius 3 is 2.75 bits per heavy atom. The van der Waals surface area contributed by atoms with Gasteiger partial charge in [-0.05, 0) is 17.5 Å². The Morgan fingerprint density at radius 1 is 1.35 bits per heavy atom. The fraction of sp³-hybridized carbons (Fsp3) is 0.462. The van der Waals surface area contributed by atoms with E-state index in [1.807, 2.05) is 24.3 Å². The second kappa shape index (κ2) is 6.95. The Hall–Kier alpha value is -1.27. The summed E-state index contributed by atoms with van der Waals surface area (Å²) in [4.78, 5) is 11.9. The highest BCUT2D eigenvalue weighted by Crippen LogP contribution is 2.23. The van der Waals surface area contributed by atoms with Crippen molar-refractivity contribution >= 4 is 18.3 Å². The lowest BCUT2D eigenvalue weighted by Crippen LogP contribution is -2.42. The molecular formula is C13H16ClF3N2O. The SMILES string of the molecule is Cl.O=C(NCCC(F)(F)F)C1NCCc2ccccc21. The van der Waals surface area contributed by atoms with E-state index in [0.29, 0.717) is 6.54 Å². The number of amides is 1. The van der Waals surface area contributed by atoms with Gasteiger partial charge in [-0.15, -0.1) is 12.4 Å². The lowest BCUT2D eigenvalue weighted by atomic mass is 9.94. The molecule has 1 heterocycles. The summed E-state index contributed by atoms with van der Waals surface area (Å²) in [5.74, 6) is -0.406. The highest BCUT2D eigenvalue weighted by atomic mass is 35.5. The third-order valence-electron chi connectivity index (χ3n) is 3.08. The van der Waals surface area contributed by atoms with E-state index in [1.54, 1.807) is 0 Å². The summed E-state index contributed by atoms with van der Waals surface area (Å²) in [5.41, 5.74) is 1.91. The van der Waals surface area contributed by atoms with Crippen molar-refractivity contribution in [3.8, 4) is 0 Å². The molecule has 0 saturated heterocycles. The molecule has 0 saturated carbocycles. The van der Waals surface area contributed by atoms with Gasteiger partial charge in [-0.3, -0.25) is 4.79 Å². The molecule has 1 aliphatic heterocycles. The molecule has 112 valence electrons. The van der Waals surface area contributed by atoms with E-state index in [2.05, 4.69) is 10.6 Å². The molecule has 0 spiro atoms. The van der Waals surface area contributed by atoms with Crippen LogP contribution in [0.2, 0.25) is 0 Å². The van der Waals surface area contributed by atoms with E-state index < -0.39 is 24.5 Å². The van der Waals surface area contributed by atoms with E-state index in [-0.39, 0.29) is 19.0 Å². The topological polar surface area (TPSA) is 41.1 Å². The van der Waals surface area contributed by atoms with Gasteiger partial charge in [-0.1, -0.05) is 24.3 Å². The Balaban J connectivity index is 0.00000200. The number of alkyl halides is 3. The summed E-state index contributed by atoms with van der Waals surface area (Å²) >= 11 is 0. The number of fused-ring (bicyclic) bond motifs is 1. The van der Waals surface area contributed by atoms with Crippen molar-refractivity contribution in [1.82, 2.24) is 10.6 Å². The molecule has 2 rings (SSSR count). The average Bonchev–Trinajstić information content (AvgIpc) is 2.36. The molecule has 0 aliphatic carbocycles. The zero-order valence-corrected chi connectivity index (χ0v) is 11.5. The number of rotatable bonds is 3. The molecule has 0 bridgehead atoms. The van der Waals surface area contributed by atoms with Crippen LogP contribution in [-0.2, 0) is 11.2 Å². The van der Waals surface area contributed by atoms with Crippen LogP contribution in [0, 0.1) is 0 Å². The van der Waals surface area contributed by atoms with E-state index in [4.69, 9.17) is 0 Å². The summed E-state index contributed by atoms with van der Waals surface area (Å²) in [5, 5.41) is 5.36. The number of benzene rings is 1. The van der Waals surface area contributed by atoms with Crippen LogP contribution in [0.3, 0.4) is 0 Å². The predicted molar refractivity (Wildman–Crippen MR) is 71.8 cm³/mol. The maximum Gasteiger partial charge on any atom is 0.390 e. The molecule has 1 aromatic rings. The van der Waals surface area contributed by atoms with Crippen molar-refractivity contribution in [2.24, 2.45) is 0 Å². The quantitative estimate of drug-likeness (QED) is 0.900. The smallest absolute Gasteiger partial charge is 0.354 e. The minimum atomic E-state index is -4.24. The monoisotopic (exact) mass is 308 g/mol. The zero-order valence-electron chi connectivity index (χ0n) is 10.7. The summed E-state index contributed by atoms with van der Waals surface area (Å²) in [6.45, 7) is 0.261. The number of hydrogen-bond donors (Lipinski definition) is 2. The summed E-state index contributed by atoms with van der Waals surface area (Å²) in [6.07, 6.45) is -4.43. The molecule has 20 heavy (non-hydrogen) atoms. The van der Waals surface area contributed by atoms with Gasteiger partial charge in [0.1, 0.15) is 6.04 Å². The van der Waals surface area contributed by atoms with Crippen LogP contribution < -0.4 is 10.6 Å². The van der Waals surface area contributed by atoms with Crippen LogP contribution in [0.25, 0.3) is 0 Å². The average molecular weight is 309 g/mol. The van der Waals surface area contributed by atoms with Crippen LogP contribution in [0.5, 0.6) is 0 Å². The van der Waals surface area contributed by atoms with Gasteiger partial charge >= 0.3 is 6.18 Å². The normalized spacial score (nSPS) is 17.9. The first-order valence-corrected chi connectivity index (χ1v) is 6.13. The second-order valence-corrected chi connectivity index (χ2v) is 4.49. The first-order chi connectivity index (χ1) is 8.97. The zero-order chi connectivity index (χ0) is 13.9. The van der Waals surface area contributed by atoms with Crippen molar-refractivity contribution in [2.75, 3.05) is 13.1 Å². The first-order valence-electron chi connectivity index (χ1n) is 6.13. The second-order valence-electron chi connectivity index (χ2n) is 4.49. The van der Waals surface area contributed by atoms with Gasteiger partial charge in [0, 0.05) is 13.1 Å². The minimum absolute atomic E-state index is 0. The molecule has 1 atom stereocenters. The maximum atomic E-state index is 12.0. The van der Waals surface area contributed by atoms with E-state index >= 15 is 0 Å². The number of hydrogen-bond acceptors (Lipinski definition) is 2. The van der Waals surface area contributed by atoms with Crippen LogP contribution in [-0.4, -0.2) is 25.2 Å². The van der Waals surface area contributed by atoms with E-state index in [1.165, 1.54) is 0 Å². The minimum Gasteiger partial charge on any atom is -0.354 e. The van der Waals surface area contributed by atoms with Crippen LogP contribution in [0.4, 0.5) is 13.2 Å². The predicted octanol–water partition coefficient (Wildman–Crippen LogP) is 2.36. The molecule has 7 heteroatoms. The number of carbonyl (C=O) groups excluding carboxylic acids is 1. The fourth-order valence-electron chi connectivity index (χ4n) is 2.17. The molecule has 1 unspecified atom stereocenters.